The topological polar surface area (TPSA) is 49.9 Å². The van der Waals surface area contributed by atoms with E-state index < -0.39 is 10.0 Å². The summed E-state index contributed by atoms with van der Waals surface area (Å²) in [5.74, 6) is 0.753. The second-order valence-corrected chi connectivity index (χ2v) is 12.3. The normalized spacial score (nSPS) is 18.2. The van der Waals surface area contributed by atoms with Gasteiger partial charge in [-0.05, 0) is 86.7 Å². The molecule has 0 amide bonds. The number of piperidine rings is 1. The van der Waals surface area contributed by atoms with Gasteiger partial charge < -0.3 is 9.64 Å². The number of likely N-dealkylation sites (tertiary alicyclic amines) is 1. The Morgan fingerprint density at radius 2 is 1.65 bits per heavy atom. The first-order valence-corrected chi connectivity index (χ1v) is 15.1. The van der Waals surface area contributed by atoms with Gasteiger partial charge in [-0.2, -0.15) is 4.31 Å². The molecule has 0 spiro atoms. The summed E-state index contributed by atoms with van der Waals surface area (Å²) in [5, 5.41) is 0.514. The molecular weight excluding hydrogens is 504 g/mol. The first kappa shape index (κ1) is 26.2. The first-order chi connectivity index (χ1) is 18.0. The van der Waals surface area contributed by atoms with Gasteiger partial charge in [0.2, 0.25) is 10.0 Å². The number of para-hydroxylation sites is 1. The van der Waals surface area contributed by atoms with E-state index in [1.165, 1.54) is 37.9 Å². The smallest absolute Gasteiger partial charge is 0.243 e. The number of hydrogen-bond donors (Lipinski definition) is 0. The molecule has 1 aliphatic heterocycles. The number of sulfonamides is 1. The van der Waals surface area contributed by atoms with Crippen LogP contribution in [0, 0.1) is 0 Å². The lowest BCUT2D eigenvalue weighted by Gasteiger charge is -2.30. The predicted octanol–water partition coefficient (Wildman–Crippen LogP) is 6.47. The highest BCUT2D eigenvalue weighted by atomic mass is 35.5. The van der Waals surface area contributed by atoms with Crippen molar-refractivity contribution < 1.29 is 13.2 Å². The van der Waals surface area contributed by atoms with Crippen molar-refractivity contribution >= 4 is 21.6 Å². The van der Waals surface area contributed by atoms with Crippen LogP contribution in [0.4, 0.5) is 0 Å². The highest BCUT2D eigenvalue weighted by Crippen LogP contribution is 2.40. The summed E-state index contributed by atoms with van der Waals surface area (Å²) in [6.45, 7) is 4.25. The monoisotopic (exact) mass is 538 g/mol. The zero-order valence-electron chi connectivity index (χ0n) is 21.2. The Hall–Kier alpha value is -2.38. The summed E-state index contributed by atoms with van der Waals surface area (Å²) in [7, 11) is -3.79. The molecule has 1 fully saturated rings. The molecule has 1 unspecified atom stereocenters. The largest absolute Gasteiger partial charge is 0.493 e. The number of fused-ring (bicyclic) bond motifs is 1. The lowest BCUT2D eigenvalue weighted by molar-refractivity contribution is 0.204. The Morgan fingerprint density at radius 3 is 2.46 bits per heavy atom. The third-order valence-corrected chi connectivity index (χ3v) is 9.61. The van der Waals surface area contributed by atoms with Gasteiger partial charge in [0.15, 0.2) is 0 Å². The minimum absolute atomic E-state index is 0.232. The van der Waals surface area contributed by atoms with Gasteiger partial charge in [-0.3, -0.25) is 0 Å². The molecule has 3 aromatic carbocycles. The van der Waals surface area contributed by atoms with E-state index in [1.54, 1.807) is 28.6 Å². The van der Waals surface area contributed by atoms with E-state index in [2.05, 4.69) is 17.0 Å². The average Bonchev–Trinajstić information content (AvgIpc) is 3.35. The van der Waals surface area contributed by atoms with Crippen molar-refractivity contribution in [3.8, 4) is 5.75 Å². The molecule has 5 rings (SSSR count). The molecule has 0 radical (unpaired) electrons. The summed E-state index contributed by atoms with van der Waals surface area (Å²) < 4.78 is 35.9. The highest BCUT2D eigenvalue weighted by molar-refractivity contribution is 7.89. The Labute approximate surface area is 226 Å². The molecule has 2 aliphatic rings. The minimum atomic E-state index is -3.79. The zero-order chi connectivity index (χ0) is 25.7. The van der Waals surface area contributed by atoms with E-state index >= 15 is 0 Å². The molecule has 0 saturated carbocycles. The molecule has 37 heavy (non-hydrogen) atoms. The summed E-state index contributed by atoms with van der Waals surface area (Å²) in [6, 6.07) is 22.2. The summed E-state index contributed by atoms with van der Waals surface area (Å²) in [4.78, 5) is 2.76. The van der Waals surface area contributed by atoms with Crippen LogP contribution < -0.4 is 4.74 Å². The molecule has 1 atom stereocenters. The number of hydrogen-bond acceptors (Lipinski definition) is 4. The summed E-state index contributed by atoms with van der Waals surface area (Å²) in [6.07, 6.45) is 6.48. The van der Waals surface area contributed by atoms with E-state index in [9.17, 15) is 8.42 Å². The quantitative estimate of drug-likeness (QED) is 0.277. The first-order valence-electron chi connectivity index (χ1n) is 13.3. The number of ether oxygens (including phenoxy) is 1. The van der Waals surface area contributed by atoms with E-state index in [1.807, 2.05) is 36.4 Å². The molecule has 0 aromatic heterocycles. The van der Waals surface area contributed by atoms with Gasteiger partial charge in [0.25, 0.3) is 0 Å². The predicted molar refractivity (Wildman–Crippen MR) is 149 cm³/mol. The molecule has 196 valence electrons. The molecule has 3 aromatic rings. The van der Waals surface area contributed by atoms with Gasteiger partial charge in [0, 0.05) is 23.7 Å². The van der Waals surface area contributed by atoms with Gasteiger partial charge in [-0.1, -0.05) is 60.5 Å². The number of nitrogens with zero attached hydrogens (tertiary/aromatic N) is 2. The Morgan fingerprint density at radius 1 is 0.919 bits per heavy atom. The van der Waals surface area contributed by atoms with Crippen LogP contribution in [0.1, 0.15) is 54.8 Å². The Kier molecular flexibility index (Phi) is 8.50. The molecule has 7 heteroatoms. The molecule has 5 nitrogen and oxygen atoms in total. The molecule has 0 N–H and O–H groups in total. The van der Waals surface area contributed by atoms with Gasteiger partial charge in [-0.15, -0.1) is 0 Å². The van der Waals surface area contributed by atoms with Crippen molar-refractivity contribution in [2.75, 3.05) is 26.2 Å². The lowest BCUT2D eigenvalue weighted by atomic mass is 10.1. The SMILES string of the molecule is O=S(=O)(c1ccc(Cl)cc1)N(Cc1ccccc1OCCCN1CCCCC1)C1CCc2ccccc21. The van der Waals surface area contributed by atoms with E-state index in [0.717, 1.165) is 42.7 Å². The van der Waals surface area contributed by atoms with E-state index in [-0.39, 0.29) is 17.5 Å². The van der Waals surface area contributed by atoms with Crippen LogP contribution in [-0.2, 0) is 23.0 Å². The van der Waals surface area contributed by atoms with Crippen molar-refractivity contribution in [3.63, 3.8) is 0 Å². The minimum Gasteiger partial charge on any atom is -0.493 e. The van der Waals surface area contributed by atoms with Crippen molar-refractivity contribution in [1.29, 1.82) is 0 Å². The number of halogens is 1. The second kappa shape index (κ2) is 12.0. The maximum atomic E-state index is 14.0. The maximum Gasteiger partial charge on any atom is 0.243 e. The summed E-state index contributed by atoms with van der Waals surface area (Å²) >= 11 is 6.07. The van der Waals surface area contributed by atoms with Crippen LogP contribution in [0.15, 0.2) is 77.7 Å². The van der Waals surface area contributed by atoms with Crippen molar-refractivity contribution in [1.82, 2.24) is 9.21 Å². The fourth-order valence-electron chi connectivity index (χ4n) is 5.53. The van der Waals surface area contributed by atoms with Gasteiger partial charge in [0.05, 0.1) is 17.5 Å². The zero-order valence-corrected chi connectivity index (χ0v) is 22.8. The van der Waals surface area contributed by atoms with E-state index in [4.69, 9.17) is 16.3 Å². The van der Waals surface area contributed by atoms with Gasteiger partial charge >= 0.3 is 0 Å². The van der Waals surface area contributed by atoms with Crippen LogP contribution in [0.2, 0.25) is 5.02 Å². The van der Waals surface area contributed by atoms with Gasteiger partial charge in [0.1, 0.15) is 5.75 Å². The molecule has 1 heterocycles. The third kappa shape index (κ3) is 6.20. The van der Waals surface area contributed by atoms with Crippen molar-refractivity contribution in [2.24, 2.45) is 0 Å². The fraction of sp³-hybridized carbons (Fsp3) is 0.400. The number of benzene rings is 3. The van der Waals surface area contributed by atoms with Crippen LogP contribution in [-0.4, -0.2) is 43.9 Å². The average molecular weight is 539 g/mol. The molecule has 1 saturated heterocycles. The fourth-order valence-corrected chi connectivity index (χ4v) is 7.27. The lowest BCUT2D eigenvalue weighted by Crippen LogP contribution is -2.34. The van der Waals surface area contributed by atoms with Crippen LogP contribution in [0.3, 0.4) is 0 Å². The Bertz CT molecular complexity index is 1290. The van der Waals surface area contributed by atoms with E-state index in [0.29, 0.717) is 11.6 Å². The molecule has 1 aliphatic carbocycles. The number of rotatable bonds is 10. The van der Waals surface area contributed by atoms with Crippen molar-refractivity contribution in [3.05, 3.63) is 94.5 Å². The molecule has 0 bridgehead atoms. The number of aryl methyl sites for hydroxylation is 1. The standard InChI is InChI=1S/C30H35ClN2O3S/c31-26-14-16-27(17-15-26)37(34,35)33(29-18-13-24-9-2-4-11-28(24)29)23-25-10-3-5-12-30(25)36-22-8-21-32-19-6-1-7-20-32/h2-5,9-12,14-17,29H,1,6-8,13,18-23H2. The maximum absolute atomic E-state index is 14.0. The van der Waals surface area contributed by atoms with Crippen molar-refractivity contribution in [2.45, 2.75) is 56.0 Å². The van der Waals surface area contributed by atoms with Crippen LogP contribution in [0.25, 0.3) is 0 Å². The second-order valence-electron chi connectivity index (χ2n) is 9.97. The van der Waals surface area contributed by atoms with Crippen LogP contribution in [0.5, 0.6) is 5.75 Å². The third-order valence-electron chi connectivity index (χ3n) is 7.49. The Balaban J connectivity index is 1.38. The molecular formula is C30H35ClN2O3S. The summed E-state index contributed by atoms with van der Waals surface area (Å²) in [5.41, 5.74) is 3.17. The highest BCUT2D eigenvalue weighted by Gasteiger charge is 2.36. The van der Waals surface area contributed by atoms with Crippen LogP contribution >= 0.6 is 11.6 Å². The van der Waals surface area contributed by atoms with Gasteiger partial charge in [-0.25, -0.2) is 8.42 Å².